The van der Waals surface area contributed by atoms with Gasteiger partial charge in [-0.3, -0.25) is 4.98 Å². The van der Waals surface area contributed by atoms with Crippen LogP contribution in [0.2, 0.25) is 5.02 Å². The summed E-state index contributed by atoms with van der Waals surface area (Å²) < 4.78 is 39.9. The molecular weight excluding hydrogens is 498 g/mol. The Labute approximate surface area is 217 Å². The van der Waals surface area contributed by atoms with E-state index >= 15 is 0 Å². The highest BCUT2D eigenvalue weighted by molar-refractivity contribution is 7.89. The van der Waals surface area contributed by atoms with E-state index in [-0.39, 0.29) is 11.0 Å². The van der Waals surface area contributed by atoms with E-state index in [1.54, 1.807) is 53.1 Å². The van der Waals surface area contributed by atoms with Crippen molar-refractivity contribution in [2.24, 2.45) is 0 Å². The van der Waals surface area contributed by atoms with Crippen LogP contribution in [0.1, 0.15) is 25.7 Å². The number of benzene rings is 2. The Kier molecular flexibility index (Phi) is 7.76. The highest BCUT2D eigenvalue weighted by Gasteiger charge is 2.33. The van der Waals surface area contributed by atoms with Crippen LogP contribution in [0.3, 0.4) is 0 Å². The molecule has 0 spiro atoms. The van der Waals surface area contributed by atoms with Crippen molar-refractivity contribution in [3.8, 4) is 17.2 Å². The van der Waals surface area contributed by atoms with Gasteiger partial charge in [0.1, 0.15) is 23.4 Å². The number of sulfonamides is 1. The average molecular weight is 528 g/mol. The van der Waals surface area contributed by atoms with E-state index < -0.39 is 10.0 Å². The molecule has 7 nitrogen and oxygen atoms in total. The zero-order chi connectivity index (χ0) is 25.0. The van der Waals surface area contributed by atoms with Crippen molar-refractivity contribution in [1.29, 1.82) is 0 Å². The lowest BCUT2D eigenvalue weighted by molar-refractivity contribution is 0.0585. The molecule has 1 aromatic heterocycles. The minimum atomic E-state index is -3.55. The zero-order valence-electron chi connectivity index (χ0n) is 20.0. The fourth-order valence-electron chi connectivity index (χ4n) is 4.90. The molecule has 0 unspecified atom stereocenters. The molecule has 3 aromatic rings. The number of pyridine rings is 1. The minimum absolute atomic E-state index is 0.217. The number of piperidine rings is 2. The van der Waals surface area contributed by atoms with Crippen molar-refractivity contribution in [2.75, 3.05) is 26.2 Å². The van der Waals surface area contributed by atoms with Gasteiger partial charge in [-0.25, -0.2) is 8.42 Å². The third kappa shape index (κ3) is 5.83. The van der Waals surface area contributed by atoms with Crippen molar-refractivity contribution < 1.29 is 17.9 Å². The molecule has 2 aromatic carbocycles. The van der Waals surface area contributed by atoms with Crippen molar-refractivity contribution in [2.45, 2.75) is 42.7 Å². The first-order valence-electron chi connectivity index (χ1n) is 12.3. The maximum absolute atomic E-state index is 13.2. The van der Waals surface area contributed by atoms with Crippen molar-refractivity contribution in [3.63, 3.8) is 0 Å². The number of para-hydroxylation sites is 1. The normalized spacial score (nSPS) is 18.7. The molecular formula is C27H30ClN3O4S. The van der Waals surface area contributed by atoms with Crippen LogP contribution in [0.5, 0.6) is 17.2 Å². The van der Waals surface area contributed by atoms with Crippen LogP contribution in [0.4, 0.5) is 0 Å². The summed E-state index contributed by atoms with van der Waals surface area (Å²) in [7, 11) is -3.55. The van der Waals surface area contributed by atoms with E-state index in [2.05, 4.69) is 9.88 Å². The van der Waals surface area contributed by atoms with Crippen molar-refractivity contribution in [1.82, 2.24) is 14.2 Å². The highest BCUT2D eigenvalue weighted by Crippen LogP contribution is 2.31. The van der Waals surface area contributed by atoms with Crippen LogP contribution >= 0.6 is 11.6 Å². The van der Waals surface area contributed by atoms with Gasteiger partial charge in [-0.15, -0.1) is 0 Å². The second-order valence-electron chi connectivity index (χ2n) is 9.18. The van der Waals surface area contributed by atoms with Crippen LogP contribution < -0.4 is 9.47 Å². The summed E-state index contributed by atoms with van der Waals surface area (Å²) in [5.74, 6) is 1.94. The van der Waals surface area contributed by atoms with Crippen LogP contribution in [-0.4, -0.2) is 60.9 Å². The summed E-state index contributed by atoms with van der Waals surface area (Å²) in [5.41, 5.74) is 0. The smallest absolute Gasteiger partial charge is 0.243 e. The Morgan fingerprint density at radius 1 is 0.806 bits per heavy atom. The number of hydrogen-bond acceptors (Lipinski definition) is 6. The van der Waals surface area contributed by atoms with Gasteiger partial charge in [-0.05, 0) is 74.2 Å². The third-order valence-electron chi connectivity index (χ3n) is 6.89. The standard InChI is InChI=1S/C27H30ClN3O4S/c28-26-3-1-2-4-27(26)35-22-5-7-25(8-6-22)36(32,33)31-19-11-21(12-20-31)30-17-13-24(14-18-30)34-23-9-15-29-16-10-23/h1-10,15-16,21,24H,11-14,17-20H2. The molecule has 0 atom stereocenters. The lowest BCUT2D eigenvalue weighted by atomic mass is 10.00. The van der Waals surface area contributed by atoms with Crippen LogP contribution in [-0.2, 0) is 10.0 Å². The second kappa shape index (κ2) is 11.2. The monoisotopic (exact) mass is 527 g/mol. The zero-order valence-corrected chi connectivity index (χ0v) is 21.6. The summed E-state index contributed by atoms with van der Waals surface area (Å²) in [4.78, 5) is 6.81. The third-order valence-corrected chi connectivity index (χ3v) is 9.12. The molecule has 2 fully saturated rings. The predicted molar refractivity (Wildman–Crippen MR) is 139 cm³/mol. The maximum Gasteiger partial charge on any atom is 0.243 e. The topological polar surface area (TPSA) is 72.0 Å². The molecule has 0 amide bonds. The first kappa shape index (κ1) is 25.0. The number of hydrogen-bond donors (Lipinski definition) is 0. The number of rotatable bonds is 7. The molecule has 2 aliphatic heterocycles. The number of ether oxygens (including phenoxy) is 2. The number of halogens is 1. The average Bonchev–Trinajstić information content (AvgIpc) is 2.91. The predicted octanol–water partition coefficient (Wildman–Crippen LogP) is 5.22. The molecule has 3 heterocycles. The molecule has 0 radical (unpaired) electrons. The molecule has 5 rings (SSSR count). The largest absolute Gasteiger partial charge is 0.490 e. The number of nitrogens with zero attached hydrogens (tertiary/aromatic N) is 3. The van der Waals surface area contributed by atoms with Gasteiger partial charge in [0.15, 0.2) is 0 Å². The molecule has 0 bridgehead atoms. The summed E-state index contributed by atoms with van der Waals surface area (Å²) in [5, 5.41) is 0.502. The second-order valence-corrected chi connectivity index (χ2v) is 11.5. The minimum Gasteiger partial charge on any atom is -0.490 e. The van der Waals surface area contributed by atoms with Gasteiger partial charge in [0.2, 0.25) is 10.0 Å². The van der Waals surface area contributed by atoms with Gasteiger partial charge in [-0.2, -0.15) is 4.31 Å². The Balaban J connectivity index is 1.12. The molecule has 190 valence electrons. The van der Waals surface area contributed by atoms with E-state index in [9.17, 15) is 8.42 Å². The van der Waals surface area contributed by atoms with Crippen molar-refractivity contribution in [3.05, 3.63) is 78.1 Å². The molecule has 36 heavy (non-hydrogen) atoms. The van der Waals surface area contributed by atoms with Gasteiger partial charge in [-0.1, -0.05) is 23.7 Å². The lowest BCUT2D eigenvalue weighted by Crippen LogP contribution is -2.50. The molecule has 0 N–H and O–H groups in total. The Bertz CT molecular complexity index is 1240. The van der Waals surface area contributed by atoms with E-state index in [0.717, 1.165) is 44.5 Å². The summed E-state index contributed by atoms with van der Waals surface area (Å²) in [6.07, 6.45) is 7.33. The first-order chi connectivity index (χ1) is 17.5. The van der Waals surface area contributed by atoms with E-state index in [1.807, 2.05) is 24.3 Å². The van der Waals surface area contributed by atoms with Gasteiger partial charge in [0.05, 0.1) is 9.92 Å². The fraction of sp³-hybridized carbons (Fsp3) is 0.370. The van der Waals surface area contributed by atoms with Gasteiger partial charge in [0.25, 0.3) is 0 Å². The molecule has 9 heteroatoms. The van der Waals surface area contributed by atoms with Gasteiger partial charge < -0.3 is 14.4 Å². The highest BCUT2D eigenvalue weighted by atomic mass is 35.5. The molecule has 2 saturated heterocycles. The van der Waals surface area contributed by atoms with E-state index in [4.69, 9.17) is 21.1 Å². The van der Waals surface area contributed by atoms with E-state index in [0.29, 0.717) is 35.7 Å². The Morgan fingerprint density at radius 2 is 1.47 bits per heavy atom. The quantitative estimate of drug-likeness (QED) is 0.419. The molecule has 2 aliphatic rings. The van der Waals surface area contributed by atoms with Crippen LogP contribution in [0.25, 0.3) is 0 Å². The first-order valence-corrected chi connectivity index (χ1v) is 14.1. The van der Waals surface area contributed by atoms with Gasteiger partial charge in [0, 0.05) is 44.6 Å². The molecule has 0 saturated carbocycles. The lowest BCUT2D eigenvalue weighted by Gasteiger charge is -2.41. The van der Waals surface area contributed by atoms with Gasteiger partial charge >= 0.3 is 0 Å². The Hall–Kier alpha value is -2.65. The number of aromatic nitrogens is 1. The Morgan fingerprint density at radius 3 is 2.14 bits per heavy atom. The SMILES string of the molecule is O=S(=O)(c1ccc(Oc2ccccc2Cl)cc1)N1CCC(N2CCC(Oc3ccncc3)CC2)CC1. The summed E-state index contributed by atoms with van der Waals surface area (Å²) >= 11 is 6.15. The maximum atomic E-state index is 13.2. The fourth-order valence-corrected chi connectivity index (χ4v) is 6.54. The summed E-state index contributed by atoms with van der Waals surface area (Å²) in [6.45, 7) is 3.00. The molecule has 0 aliphatic carbocycles. The van der Waals surface area contributed by atoms with Crippen LogP contribution in [0, 0.1) is 0 Å². The van der Waals surface area contributed by atoms with E-state index in [1.165, 1.54) is 0 Å². The van der Waals surface area contributed by atoms with Crippen LogP contribution in [0.15, 0.2) is 78.0 Å². The number of likely N-dealkylation sites (tertiary alicyclic amines) is 1. The van der Waals surface area contributed by atoms with Crippen molar-refractivity contribution >= 4 is 21.6 Å². The summed E-state index contributed by atoms with van der Waals surface area (Å²) in [6, 6.07) is 17.9.